The van der Waals surface area contributed by atoms with Crippen LogP contribution in [-0.2, 0) is 4.79 Å². The standard InChI is InChI=1S/C15H21NOS/c1-3-13-10-9-12(2)16(13)15(17)11-18-14-7-5-4-6-8-14/h4-8,12-13H,3,9-11H2,1-2H3/t12-,13+/m1/s1. The van der Waals surface area contributed by atoms with Gasteiger partial charge in [-0.15, -0.1) is 11.8 Å². The number of carbonyl (C=O) groups is 1. The van der Waals surface area contributed by atoms with E-state index < -0.39 is 0 Å². The van der Waals surface area contributed by atoms with Crippen LogP contribution in [-0.4, -0.2) is 28.6 Å². The molecule has 0 spiro atoms. The van der Waals surface area contributed by atoms with Crippen LogP contribution in [0.15, 0.2) is 35.2 Å². The lowest BCUT2D eigenvalue weighted by molar-refractivity contribution is -0.130. The zero-order valence-electron chi connectivity index (χ0n) is 11.1. The third-order valence-electron chi connectivity index (χ3n) is 3.65. The van der Waals surface area contributed by atoms with Gasteiger partial charge in [-0.1, -0.05) is 25.1 Å². The van der Waals surface area contributed by atoms with Crippen molar-refractivity contribution in [1.82, 2.24) is 4.90 Å². The van der Waals surface area contributed by atoms with Crippen molar-refractivity contribution >= 4 is 17.7 Å². The van der Waals surface area contributed by atoms with Crippen LogP contribution in [0.1, 0.15) is 33.1 Å². The quantitative estimate of drug-likeness (QED) is 0.774. The van der Waals surface area contributed by atoms with E-state index in [4.69, 9.17) is 0 Å². The number of nitrogens with zero attached hydrogens (tertiary/aromatic N) is 1. The minimum atomic E-state index is 0.292. The van der Waals surface area contributed by atoms with Crippen molar-refractivity contribution in [3.05, 3.63) is 30.3 Å². The molecule has 0 bridgehead atoms. The molecule has 0 N–H and O–H groups in total. The molecule has 2 nitrogen and oxygen atoms in total. The second-order valence-corrected chi connectivity index (χ2v) is 5.94. The molecule has 0 aromatic heterocycles. The van der Waals surface area contributed by atoms with Gasteiger partial charge in [0, 0.05) is 17.0 Å². The van der Waals surface area contributed by atoms with E-state index in [1.807, 2.05) is 18.2 Å². The highest BCUT2D eigenvalue weighted by Crippen LogP contribution is 2.27. The molecule has 1 fully saturated rings. The minimum Gasteiger partial charge on any atom is -0.336 e. The molecule has 98 valence electrons. The highest BCUT2D eigenvalue weighted by atomic mass is 32.2. The number of likely N-dealkylation sites (tertiary alicyclic amines) is 1. The van der Waals surface area contributed by atoms with E-state index in [0.717, 1.165) is 12.8 Å². The Morgan fingerprint density at radius 2 is 2.06 bits per heavy atom. The molecular weight excluding hydrogens is 242 g/mol. The van der Waals surface area contributed by atoms with Gasteiger partial charge in [-0.05, 0) is 38.3 Å². The van der Waals surface area contributed by atoms with Crippen LogP contribution in [0, 0.1) is 0 Å². The Kier molecular flexibility index (Phi) is 4.70. The zero-order chi connectivity index (χ0) is 13.0. The van der Waals surface area contributed by atoms with Gasteiger partial charge in [0.2, 0.25) is 5.91 Å². The Labute approximate surface area is 114 Å². The number of benzene rings is 1. The number of amides is 1. The maximum Gasteiger partial charge on any atom is 0.233 e. The first kappa shape index (κ1) is 13.5. The Balaban J connectivity index is 1.91. The van der Waals surface area contributed by atoms with Gasteiger partial charge >= 0.3 is 0 Å². The van der Waals surface area contributed by atoms with Crippen LogP contribution in [0.3, 0.4) is 0 Å². The van der Waals surface area contributed by atoms with E-state index in [9.17, 15) is 4.79 Å². The zero-order valence-corrected chi connectivity index (χ0v) is 12.0. The molecule has 1 aliphatic rings. The molecule has 1 amide bonds. The molecule has 18 heavy (non-hydrogen) atoms. The van der Waals surface area contributed by atoms with Gasteiger partial charge in [0.1, 0.15) is 0 Å². The van der Waals surface area contributed by atoms with Crippen LogP contribution >= 0.6 is 11.8 Å². The monoisotopic (exact) mass is 263 g/mol. The second-order valence-electron chi connectivity index (χ2n) is 4.89. The fourth-order valence-corrected chi connectivity index (χ4v) is 3.45. The predicted molar refractivity (Wildman–Crippen MR) is 76.8 cm³/mol. The smallest absolute Gasteiger partial charge is 0.233 e. The second kappa shape index (κ2) is 6.28. The fourth-order valence-electron chi connectivity index (χ4n) is 2.66. The summed E-state index contributed by atoms with van der Waals surface area (Å²) in [5.74, 6) is 0.853. The summed E-state index contributed by atoms with van der Waals surface area (Å²) in [7, 11) is 0. The van der Waals surface area contributed by atoms with Crippen molar-refractivity contribution in [3.8, 4) is 0 Å². The Morgan fingerprint density at radius 3 is 2.72 bits per heavy atom. The molecule has 1 heterocycles. The van der Waals surface area contributed by atoms with E-state index in [-0.39, 0.29) is 0 Å². The highest BCUT2D eigenvalue weighted by molar-refractivity contribution is 8.00. The summed E-state index contributed by atoms with van der Waals surface area (Å²) < 4.78 is 0. The van der Waals surface area contributed by atoms with Gasteiger partial charge in [0.05, 0.1) is 5.75 Å². The summed E-state index contributed by atoms with van der Waals surface area (Å²) >= 11 is 1.64. The van der Waals surface area contributed by atoms with Gasteiger partial charge in [-0.25, -0.2) is 0 Å². The minimum absolute atomic E-state index is 0.292. The Hall–Kier alpha value is -0.960. The van der Waals surface area contributed by atoms with E-state index >= 15 is 0 Å². The Bertz CT molecular complexity index is 393. The predicted octanol–water partition coefficient (Wildman–Crippen LogP) is 3.57. The fraction of sp³-hybridized carbons (Fsp3) is 0.533. The number of thioether (sulfide) groups is 1. The average Bonchev–Trinajstić information content (AvgIpc) is 2.78. The summed E-state index contributed by atoms with van der Waals surface area (Å²) in [6.07, 6.45) is 3.39. The Morgan fingerprint density at radius 1 is 1.33 bits per heavy atom. The largest absolute Gasteiger partial charge is 0.336 e. The number of carbonyl (C=O) groups excluding carboxylic acids is 1. The highest BCUT2D eigenvalue weighted by Gasteiger charge is 2.32. The molecule has 0 saturated carbocycles. The molecular formula is C15H21NOS. The first-order valence-electron chi connectivity index (χ1n) is 6.71. The number of rotatable bonds is 4. The van der Waals surface area contributed by atoms with Gasteiger partial charge in [0.25, 0.3) is 0 Å². The third kappa shape index (κ3) is 3.08. The first-order chi connectivity index (χ1) is 8.72. The van der Waals surface area contributed by atoms with Crippen LogP contribution in [0.5, 0.6) is 0 Å². The summed E-state index contributed by atoms with van der Waals surface area (Å²) in [4.78, 5) is 15.6. The van der Waals surface area contributed by atoms with Crippen molar-refractivity contribution in [1.29, 1.82) is 0 Å². The molecule has 3 heteroatoms. The van der Waals surface area contributed by atoms with Crippen molar-refractivity contribution < 1.29 is 4.79 Å². The average molecular weight is 263 g/mol. The summed E-state index contributed by atoms with van der Waals surface area (Å²) in [6, 6.07) is 11.0. The van der Waals surface area contributed by atoms with E-state index in [1.165, 1.54) is 11.3 Å². The summed E-state index contributed by atoms with van der Waals surface area (Å²) in [6.45, 7) is 4.34. The lowest BCUT2D eigenvalue weighted by Crippen LogP contribution is -2.40. The van der Waals surface area contributed by atoms with E-state index in [2.05, 4.69) is 30.9 Å². The third-order valence-corrected chi connectivity index (χ3v) is 4.65. The molecule has 2 atom stereocenters. The van der Waals surface area contributed by atoms with Crippen LogP contribution in [0.25, 0.3) is 0 Å². The van der Waals surface area contributed by atoms with Crippen LogP contribution < -0.4 is 0 Å². The molecule has 0 unspecified atom stereocenters. The van der Waals surface area contributed by atoms with Crippen LogP contribution in [0.4, 0.5) is 0 Å². The van der Waals surface area contributed by atoms with E-state index in [1.54, 1.807) is 11.8 Å². The maximum atomic E-state index is 12.3. The molecule has 2 rings (SSSR count). The SMILES string of the molecule is CC[C@H]1CC[C@@H](C)N1C(=O)CSc1ccccc1. The maximum absolute atomic E-state index is 12.3. The van der Waals surface area contributed by atoms with Crippen LogP contribution in [0.2, 0.25) is 0 Å². The van der Waals surface area contributed by atoms with Crippen molar-refractivity contribution in [2.24, 2.45) is 0 Å². The normalized spacial score (nSPS) is 23.3. The van der Waals surface area contributed by atoms with Gasteiger partial charge in [-0.3, -0.25) is 4.79 Å². The summed E-state index contributed by atoms with van der Waals surface area (Å²) in [5, 5.41) is 0. The summed E-state index contributed by atoms with van der Waals surface area (Å²) in [5.41, 5.74) is 0. The van der Waals surface area contributed by atoms with E-state index in [0.29, 0.717) is 23.7 Å². The molecule has 1 aromatic rings. The van der Waals surface area contributed by atoms with Crippen molar-refractivity contribution in [3.63, 3.8) is 0 Å². The molecule has 0 radical (unpaired) electrons. The number of hydrogen-bond acceptors (Lipinski definition) is 2. The lowest BCUT2D eigenvalue weighted by Gasteiger charge is -2.27. The van der Waals surface area contributed by atoms with Crippen molar-refractivity contribution in [2.75, 3.05) is 5.75 Å². The molecule has 1 aromatic carbocycles. The first-order valence-corrected chi connectivity index (χ1v) is 7.70. The molecule has 1 aliphatic heterocycles. The lowest BCUT2D eigenvalue weighted by atomic mass is 10.1. The molecule has 0 aliphatic carbocycles. The van der Waals surface area contributed by atoms with Gasteiger partial charge in [0.15, 0.2) is 0 Å². The molecule has 1 saturated heterocycles. The van der Waals surface area contributed by atoms with Gasteiger partial charge in [-0.2, -0.15) is 0 Å². The van der Waals surface area contributed by atoms with Crippen molar-refractivity contribution in [2.45, 2.75) is 50.1 Å². The number of hydrogen-bond donors (Lipinski definition) is 0. The van der Waals surface area contributed by atoms with Gasteiger partial charge < -0.3 is 4.90 Å². The topological polar surface area (TPSA) is 20.3 Å².